The molecule has 0 aromatic heterocycles. The molecule has 0 heterocycles. The topological polar surface area (TPSA) is 26.1 Å². The highest BCUT2D eigenvalue weighted by Crippen LogP contribution is 2.22. The fourth-order valence-corrected chi connectivity index (χ4v) is 1.94. The van der Waals surface area contributed by atoms with Gasteiger partial charge in [-0.05, 0) is 30.5 Å². The first kappa shape index (κ1) is 9.19. The molecule has 3 heteroatoms. The van der Waals surface area contributed by atoms with Gasteiger partial charge in [0, 0.05) is 12.0 Å². The maximum absolute atomic E-state index is 13.0. The number of benzene rings is 1. The molecule has 74 valence electrons. The minimum Gasteiger partial charge on any atom is -0.624 e. The van der Waals surface area contributed by atoms with Gasteiger partial charge in [-0.3, -0.25) is 0 Å². The summed E-state index contributed by atoms with van der Waals surface area (Å²) in [6.45, 7) is 0. The Morgan fingerprint density at radius 2 is 2.14 bits per heavy atom. The normalized spacial score (nSPS) is 19.0. The Hall–Kier alpha value is -1.38. The Balaban J connectivity index is 2.58. The van der Waals surface area contributed by atoms with Gasteiger partial charge in [0.25, 0.3) is 0 Å². The van der Waals surface area contributed by atoms with E-state index in [1.54, 1.807) is 6.07 Å². The number of hydrogen-bond acceptors (Lipinski definition) is 1. The van der Waals surface area contributed by atoms with Crippen molar-refractivity contribution in [1.82, 2.24) is 0 Å². The van der Waals surface area contributed by atoms with Crippen LogP contribution < -0.4 is 0 Å². The van der Waals surface area contributed by atoms with Crippen LogP contribution in [0.1, 0.15) is 24.0 Å². The number of fused-ring (bicyclic) bond motifs is 1. The van der Waals surface area contributed by atoms with Gasteiger partial charge in [0.05, 0.1) is 0 Å². The first-order chi connectivity index (χ1) is 6.68. The van der Waals surface area contributed by atoms with E-state index < -0.39 is 0 Å². The van der Waals surface area contributed by atoms with Crippen molar-refractivity contribution in [3.8, 4) is 0 Å². The average molecular weight is 193 g/mol. The van der Waals surface area contributed by atoms with Gasteiger partial charge in [0.2, 0.25) is 0 Å². The average Bonchev–Trinajstić information content (AvgIpc) is 2.16. The SMILES string of the molecule is C/[N+]([O-])=C1/CCCc2ccc(F)cc21. The van der Waals surface area contributed by atoms with Crippen molar-refractivity contribution in [2.24, 2.45) is 0 Å². The first-order valence-corrected chi connectivity index (χ1v) is 4.74. The van der Waals surface area contributed by atoms with Crippen molar-refractivity contribution < 1.29 is 9.13 Å². The molecule has 2 nitrogen and oxygen atoms in total. The molecule has 0 saturated carbocycles. The van der Waals surface area contributed by atoms with Crippen LogP contribution in [0.2, 0.25) is 0 Å². The number of hydrogen-bond donors (Lipinski definition) is 0. The number of aryl methyl sites for hydroxylation is 1. The third kappa shape index (κ3) is 1.50. The predicted octanol–water partition coefficient (Wildman–Crippen LogP) is 2.09. The standard InChI is InChI=1S/C11H12FNO/c1-13(14)11-4-2-3-8-5-6-9(12)7-10(8)11/h5-7H,2-4H2,1H3/b13-11+. The number of halogens is 1. The summed E-state index contributed by atoms with van der Waals surface area (Å²) in [6, 6.07) is 4.68. The lowest BCUT2D eigenvalue weighted by atomic mass is 9.90. The smallest absolute Gasteiger partial charge is 0.194 e. The van der Waals surface area contributed by atoms with E-state index in [1.807, 2.05) is 0 Å². The first-order valence-electron chi connectivity index (χ1n) is 4.74. The summed E-state index contributed by atoms with van der Waals surface area (Å²) >= 11 is 0. The zero-order valence-electron chi connectivity index (χ0n) is 8.09. The van der Waals surface area contributed by atoms with Gasteiger partial charge < -0.3 is 5.21 Å². The fraction of sp³-hybridized carbons (Fsp3) is 0.364. The molecule has 1 aromatic carbocycles. The molecule has 0 unspecified atom stereocenters. The Bertz CT molecular complexity index is 394. The van der Waals surface area contributed by atoms with Gasteiger partial charge in [0.15, 0.2) is 5.71 Å². The molecule has 0 saturated heterocycles. The molecule has 0 atom stereocenters. The molecule has 1 aliphatic carbocycles. The van der Waals surface area contributed by atoms with Crippen LogP contribution in [0.15, 0.2) is 18.2 Å². The molecule has 0 amide bonds. The van der Waals surface area contributed by atoms with Gasteiger partial charge in [-0.15, -0.1) is 0 Å². The molecule has 0 radical (unpaired) electrons. The molecule has 2 rings (SSSR count). The molecule has 14 heavy (non-hydrogen) atoms. The monoisotopic (exact) mass is 193 g/mol. The van der Waals surface area contributed by atoms with Crippen molar-refractivity contribution >= 4 is 5.71 Å². The van der Waals surface area contributed by atoms with E-state index in [-0.39, 0.29) is 5.82 Å². The fourth-order valence-electron chi connectivity index (χ4n) is 1.94. The Morgan fingerprint density at radius 3 is 2.86 bits per heavy atom. The van der Waals surface area contributed by atoms with Crippen molar-refractivity contribution in [3.05, 3.63) is 40.4 Å². The third-order valence-electron chi connectivity index (χ3n) is 2.62. The molecule has 0 aliphatic heterocycles. The summed E-state index contributed by atoms with van der Waals surface area (Å²) in [6.07, 6.45) is 2.66. The minimum absolute atomic E-state index is 0.273. The van der Waals surface area contributed by atoms with E-state index in [9.17, 15) is 9.60 Å². The van der Waals surface area contributed by atoms with Crippen LogP contribution in [0, 0.1) is 11.0 Å². The van der Waals surface area contributed by atoms with Gasteiger partial charge in [0.1, 0.15) is 12.9 Å². The van der Waals surface area contributed by atoms with E-state index in [4.69, 9.17) is 0 Å². The maximum Gasteiger partial charge on any atom is 0.194 e. The molecular formula is C11H12FNO. The summed E-state index contributed by atoms with van der Waals surface area (Å²) in [4.78, 5) is 0. The van der Waals surface area contributed by atoms with Crippen LogP contribution >= 0.6 is 0 Å². The van der Waals surface area contributed by atoms with Gasteiger partial charge >= 0.3 is 0 Å². The van der Waals surface area contributed by atoms with E-state index >= 15 is 0 Å². The molecule has 0 spiro atoms. The lowest BCUT2D eigenvalue weighted by Gasteiger charge is -2.16. The number of rotatable bonds is 0. The van der Waals surface area contributed by atoms with Gasteiger partial charge in [-0.1, -0.05) is 6.07 Å². The Morgan fingerprint density at radius 1 is 1.36 bits per heavy atom. The Kier molecular flexibility index (Phi) is 2.23. The Labute approximate surface area is 82.3 Å². The lowest BCUT2D eigenvalue weighted by Crippen LogP contribution is -2.19. The highest BCUT2D eigenvalue weighted by molar-refractivity contribution is 5.99. The second kappa shape index (κ2) is 3.40. The van der Waals surface area contributed by atoms with Crippen LogP contribution in [0.4, 0.5) is 4.39 Å². The van der Waals surface area contributed by atoms with Crippen molar-refractivity contribution in [1.29, 1.82) is 0 Å². The molecule has 0 bridgehead atoms. The molecular weight excluding hydrogens is 181 g/mol. The number of hydroxylamine groups is 1. The van der Waals surface area contributed by atoms with Crippen molar-refractivity contribution in [2.75, 3.05) is 7.05 Å². The predicted molar refractivity (Wildman–Crippen MR) is 53.0 cm³/mol. The maximum atomic E-state index is 13.0. The third-order valence-corrected chi connectivity index (χ3v) is 2.62. The van der Waals surface area contributed by atoms with Crippen molar-refractivity contribution in [2.45, 2.75) is 19.3 Å². The molecule has 0 N–H and O–H groups in total. The van der Waals surface area contributed by atoms with E-state index in [0.717, 1.165) is 35.1 Å². The lowest BCUT2D eigenvalue weighted by molar-refractivity contribution is -0.423. The molecule has 1 aromatic rings. The van der Waals surface area contributed by atoms with Crippen LogP contribution in [-0.2, 0) is 6.42 Å². The summed E-state index contributed by atoms with van der Waals surface area (Å²) in [7, 11) is 1.47. The van der Waals surface area contributed by atoms with E-state index in [1.165, 1.54) is 19.2 Å². The minimum atomic E-state index is -0.273. The van der Waals surface area contributed by atoms with Crippen LogP contribution in [-0.4, -0.2) is 17.5 Å². The summed E-state index contributed by atoms with van der Waals surface area (Å²) in [5, 5.41) is 11.2. The summed E-state index contributed by atoms with van der Waals surface area (Å²) < 4.78 is 13.8. The number of nitrogens with zero attached hydrogens (tertiary/aromatic N) is 1. The summed E-state index contributed by atoms with van der Waals surface area (Å²) in [5.41, 5.74) is 2.56. The largest absolute Gasteiger partial charge is 0.624 e. The molecule has 1 aliphatic rings. The van der Waals surface area contributed by atoms with Gasteiger partial charge in [-0.2, -0.15) is 0 Å². The molecule has 0 fully saturated rings. The van der Waals surface area contributed by atoms with Crippen LogP contribution in [0.25, 0.3) is 0 Å². The highest BCUT2D eigenvalue weighted by atomic mass is 19.1. The van der Waals surface area contributed by atoms with Crippen LogP contribution in [0.3, 0.4) is 0 Å². The van der Waals surface area contributed by atoms with E-state index in [2.05, 4.69) is 0 Å². The van der Waals surface area contributed by atoms with Gasteiger partial charge in [-0.25, -0.2) is 9.13 Å². The van der Waals surface area contributed by atoms with E-state index in [0.29, 0.717) is 5.71 Å². The quantitative estimate of drug-likeness (QED) is 0.352. The van der Waals surface area contributed by atoms with Crippen molar-refractivity contribution in [3.63, 3.8) is 0 Å². The zero-order chi connectivity index (χ0) is 10.1. The van der Waals surface area contributed by atoms with Crippen LogP contribution in [0.5, 0.6) is 0 Å². The second-order valence-corrected chi connectivity index (χ2v) is 3.60. The highest BCUT2D eigenvalue weighted by Gasteiger charge is 2.20. The summed E-state index contributed by atoms with van der Waals surface area (Å²) in [5.74, 6) is -0.273. The second-order valence-electron chi connectivity index (χ2n) is 3.60. The zero-order valence-corrected chi connectivity index (χ0v) is 8.09.